The maximum atomic E-state index is 6.31. The standard InChI is InChI=1S/C14H18ClN3S/c15-12-11(7-6-10-4-2-1-3-5-10)8-9-17-13(12)18-14(16)19/h4,8-9H,1-3,5-7H2,(H3,16,17,18,19). The first-order valence-electron chi connectivity index (χ1n) is 6.54. The molecule has 0 radical (unpaired) electrons. The molecule has 3 nitrogen and oxygen atoms in total. The van der Waals surface area contributed by atoms with Crippen LogP contribution in [0.15, 0.2) is 23.9 Å². The van der Waals surface area contributed by atoms with E-state index in [1.165, 1.54) is 25.7 Å². The van der Waals surface area contributed by atoms with Gasteiger partial charge in [-0.2, -0.15) is 0 Å². The lowest BCUT2D eigenvalue weighted by Crippen LogP contribution is -2.20. The molecule has 3 N–H and O–H groups in total. The zero-order valence-corrected chi connectivity index (χ0v) is 12.4. The Hall–Kier alpha value is -1.13. The molecule has 1 aliphatic rings. The van der Waals surface area contributed by atoms with Gasteiger partial charge in [0.25, 0.3) is 0 Å². The quantitative estimate of drug-likeness (QED) is 0.655. The lowest BCUT2D eigenvalue weighted by Gasteiger charge is -2.14. The van der Waals surface area contributed by atoms with E-state index in [0.29, 0.717) is 10.8 Å². The minimum Gasteiger partial charge on any atom is -0.376 e. The fourth-order valence-electron chi connectivity index (χ4n) is 2.31. The second-order valence-electron chi connectivity index (χ2n) is 4.73. The molecular weight excluding hydrogens is 278 g/mol. The Morgan fingerprint density at radius 1 is 1.42 bits per heavy atom. The summed E-state index contributed by atoms with van der Waals surface area (Å²) in [4.78, 5) is 4.15. The minimum absolute atomic E-state index is 0.182. The first-order valence-corrected chi connectivity index (χ1v) is 7.33. The first kappa shape index (κ1) is 14.3. The highest BCUT2D eigenvalue weighted by Gasteiger charge is 2.10. The number of thiocarbonyl (C=S) groups is 1. The van der Waals surface area contributed by atoms with Gasteiger partial charge in [0, 0.05) is 6.20 Å². The van der Waals surface area contributed by atoms with Gasteiger partial charge in [-0.3, -0.25) is 0 Å². The van der Waals surface area contributed by atoms with E-state index in [-0.39, 0.29) is 5.11 Å². The Morgan fingerprint density at radius 3 is 2.95 bits per heavy atom. The van der Waals surface area contributed by atoms with Crippen molar-refractivity contribution >= 4 is 34.7 Å². The summed E-state index contributed by atoms with van der Waals surface area (Å²) in [6.45, 7) is 0. The number of nitrogens with zero attached hydrogens (tertiary/aromatic N) is 1. The van der Waals surface area contributed by atoms with Crippen molar-refractivity contribution in [2.75, 3.05) is 5.32 Å². The van der Waals surface area contributed by atoms with Gasteiger partial charge in [0.2, 0.25) is 0 Å². The van der Waals surface area contributed by atoms with Crippen LogP contribution in [-0.4, -0.2) is 10.1 Å². The van der Waals surface area contributed by atoms with E-state index in [9.17, 15) is 0 Å². The molecule has 0 spiro atoms. The zero-order valence-electron chi connectivity index (χ0n) is 10.8. The molecule has 1 aromatic rings. The molecule has 0 bridgehead atoms. The maximum absolute atomic E-state index is 6.31. The van der Waals surface area contributed by atoms with Crippen molar-refractivity contribution in [3.63, 3.8) is 0 Å². The van der Waals surface area contributed by atoms with Crippen LogP contribution >= 0.6 is 23.8 Å². The lowest BCUT2D eigenvalue weighted by atomic mass is 9.94. The summed E-state index contributed by atoms with van der Waals surface area (Å²) >= 11 is 11.1. The number of halogens is 1. The molecule has 0 aromatic carbocycles. The monoisotopic (exact) mass is 295 g/mol. The topological polar surface area (TPSA) is 50.9 Å². The van der Waals surface area contributed by atoms with Crippen molar-refractivity contribution in [2.45, 2.75) is 38.5 Å². The Labute approximate surface area is 124 Å². The molecular formula is C14H18ClN3S. The van der Waals surface area contributed by atoms with Crippen LogP contribution < -0.4 is 11.1 Å². The molecule has 0 aliphatic heterocycles. The third-order valence-electron chi connectivity index (χ3n) is 3.31. The molecule has 0 fully saturated rings. The van der Waals surface area contributed by atoms with Crippen molar-refractivity contribution in [3.8, 4) is 0 Å². The molecule has 0 amide bonds. The SMILES string of the molecule is NC(=S)Nc1nccc(CCC2=CCCCC2)c1Cl. The second kappa shape index (κ2) is 6.87. The summed E-state index contributed by atoms with van der Waals surface area (Å²) in [5.41, 5.74) is 8.08. The summed E-state index contributed by atoms with van der Waals surface area (Å²) < 4.78 is 0. The largest absolute Gasteiger partial charge is 0.376 e. The number of pyridine rings is 1. The van der Waals surface area contributed by atoms with Gasteiger partial charge in [0.1, 0.15) is 0 Å². The minimum atomic E-state index is 0.182. The van der Waals surface area contributed by atoms with Gasteiger partial charge in [-0.05, 0) is 62.4 Å². The predicted molar refractivity (Wildman–Crippen MR) is 84.5 cm³/mol. The van der Waals surface area contributed by atoms with Crippen LogP contribution in [0.2, 0.25) is 5.02 Å². The molecule has 0 atom stereocenters. The van der Waals surface area contributed by atoms with Gasteiger partial charge in [-0.1, -0.05) is 23.3 Å². The van der Waals surface area contributed by atoms with Crippen LogP contribution in [-0.2, 0) is 6.42 Å². The van der Waals surface area contributed by atoms with Crippen LogP contribution in [0.3, 0.4) is 0 Å². The number of aromatic nitrogens is 1. The molecule has 1 aliphatic carbocycles. The maximum Gasteiger partial charge on any atom is 0.169 e. The molecule has 5 heteroatoms. The average molecular weight is 296 g/mol. The van der Waals surface area contributed by atoms with Crippen LogP contribution in [0, 0.1) is 0 Å². The number of hydrogen-bond donors (Lipinski definition) is 2. The summed E-state index contributed by atoms with van der Waals surface area (Å²) in [5, 5.41) is 3.60. The molecule has 2 rings (SSSR count). The van der Waals surface area contributed by atoms with Crippen molar-refractivity contribution < 1.29 is 0 Å². The van der Waals surface area contributed by atoms with Gasteiger partial charge in [0.05, 0.1) is 5.02 Å². The van der Waals surface area contributed by atoms with E-state index in [1.807, 2.05) is 6.07 Å². The van der Waals surface area contributed by atoms with Crippen LogP contribution in [0.1, 0.15) is 37.7 Å². The Balaban J connectivity index is 2.03. The second-order valence-corrected chi connectivity index (χ2v) is 5.55. The van der Waals surface area contributed by atoms with E-state index in [2.05, 4.69) is 16.4 Å². The average Bonchev–Trinajstić information content (AvgIpc) is 2.40. The third-order valence-corrected chi connectivity index (χ3v) is 3.84. The Morgan fingerprint density at radius 2 is 2.26 bits per heavy atom. The lowest BCUT2D eigenvalue weighted by molar-refractivity contribution is 0.673. The normalized spacial score (nSPS) is 14.9. The number of hydrogen-bond acceptors (Lipinski definition) is 2. The molecule has 1 heterocycles. The molecule has 102 valence electrons. The molecule has 19 heavy (non-hydrogen) atoms. The van der Waals surface area contributed by atoms with Gasteiger partial charge in [-0.25, -0.2) is 4.98 Å². The van der Waals surface area contributed by atoms with E-state index >= 15 is 0 Å². The van der Waals surface area contributed by atoms with E-state index in [1.54, 1.807) is 11.8 Å². The van der Waals surface area contributed by atoms with Gasteiger partial charge in [-0.15, -0.1) is 0 Å². The summed E-state index contributed by atoms with van der Waals surface area (Å²) in [6.07, 6.45) is 11.2. The number of anilines is 1. The third kappa shape index (κ3) is 4.18. The van der Waals surface area contributed by atoms with Crippen LogP contribution in [0.4, 0.5) is 5.82 Å². The number of nitrogens with one attached hydrogen (secondary N) is 1. The summed E-state index contributed by atoms with van der Waals surface area (Å²) in [5.74, 6) is 0.546. The summed E-state index contributed by atoms with van der Waals surface area (Å²) in [7, 11) is 0. The molecule has 1 aromatic heterocycles. The van der Waals surface area contributed by atoms with Gasteiger partial charge >= 0.3 is 0 Å². The van der Waals surface area contributed by atoms with Gasteiger partial charge in [0.15, 0.2) is 10.9 Å². The number of rotatable bonds is 4. The highest BCUT2D eigenvalue weighted by Crippen LogP contribution is 2.27. The molecule has 0 saturated heterocycles. The molecule has 0 unspecified atom stereocenters. The fourth-order valence-corrected chi connectivity index (χ4v) is 2.66. The fraction of sp³-hybridized carbons (Fsp3) is 0.429. The number of nitrogens with two attached hydrogens (primary N) is 1. The van der Waals surface area contributed by atoms with E-state index in [0.717, 1.165) is 18.4 Å². The number of allylic oxidation sites excluding steroid dienone is 2. The van der Waals surface area contributed by atoms with E-state index < -0.39 is 0 Å². The predicted octanol–water partition coefficient (Wildman–Crippen LogP) is 3.82. The van der Waals surface area contributed by atoms with Crippen molar-refractivity contribution in [2.24, 2.45) is 5.73 Å². The number of aryl methyl sites for hydroxylation is 1. The highest BCUT2D eigenvalue weighted by molar-refractivity contribution is 7.80. The molecule has 0 saturated carbocycles. The van der Waals surface area contributed by atoms with Crippen LogP contribution in [0.5, 0.6) is 0 Å². The van der Waals surface area contributed by atoms with Crippen molar-refractivity contribution in [3.05, 3.63) is 34.5 Å². The van der Waals surface area contributed by atoms with Gasteiger partial charge < -0.3 is 11.1 Å². The zero-order chi connectivity index (χ0) is 13.7. The first-order chi connectivity index (χ1) is 9.16. The smallest absolute Gasteiger partial charge is 0.169 e. The Bertz CT molecular complexity index is 499. The Kier molecular flexibility index (Phi) is 5.16. The van der Waals surface area contributed by atoms with Crippen LogP contribution in [0.25, 0.3) is 0 Å². The van der Waals surface area contributed by atoms with Crippen molar-refractivity contribution in [1.29, 1.82) is 0 Å². The highest BCUT2D eigenvalue weighted by atomic mass is 35.5. The van der Waals surface area contributed by atoms with Crippen molar-refractivity contribution in [1.82, 2.24) is 4.98 Å². The van der Waals surface area contributed by atoms with E-state index in [4.69, 9.17) is 29.6 Å². The summed E-state index contributed by atoms with van der Waals surface area (Å²) in [6, 6.07) is 1.95.